The molecule has 1 aliphatic rings. The molecule has 1 aromatic rings. The maximum Gasteiger partial charge on any atom is 0.306 e. The minimum absolute atomic E-state index is 0.167. The summed E-state index contributed by atoms with van der Waals surface area (Å²) in [7, 11) is 0. The molecule has 0 aliphatic heterocycles. The third-order valence-corrected chi connectivity index (χ3v) is 3.41. The minimum Gasteiger partial charge on any atom is -0.481 e. The number of carbonyl (C=O) groups is 1. The second-order valence-electron chi connectivity index (χ2n) is 4.56. The number of anilines is 1. The average Bonchev–Trinajstić information content (AvgIpc) is 2.85. The Labute approximate surface area is 105 Å². The van der Waals surface area contributed by atoms with E-state index in [0.29, 0.717) is 17.9 Å². The van der Waals surface area contributed by atoms with Crippen molar-refractivity contribution < 1.29 is 9.90 Å². The van der Waals surface area contributed by atoms with Crippen molar-refractivity contribution in [2.45, 2.75) is 19.3 Å². The van der Waals surface area contributed by atoms with E-state index in [-0.39, 0.29) is 11.8 Å². The quantitative estimate of drug-likeness (QED) is 0.845. The molecule has 1 fully saturated rings. The first-order valence-electron chi connectivity index (χ1n) is 6.03. The number of carboxylic acid groups (broad SMARTS) is 1. The molecule has 2 N–H and O–H groups in total. The van der Waals surface area contributed by atoms with Gasteiger partial charge in [-0.2, -0.15) is 5.26 Å². The summed E-state index contributed by atoms with van der Waals surface area (Å²) in [6.07, 6.45) is 4.19. The lowest BCUT2D eigenvalue weighted by Gasteiger charge is -2.16. The number of pyridine rings is 1. The van der Waals surface area contributed by atoms with Crippen LogP contribution in [0.3, 0.4) is 0 Å². The van der Waals surface area contributed by atoms with Crippen molar-refractivity contribution in [1.29, 1.82) is 5.26 Å². The lowest BCUT2D eigenvalue weighted by atomic mass is 9.96. The number of hydrogen-bond donors (Lipinski definition) is 2. The van der Waals surface area contributed by atoms with E-state index in [2.05, 4.69) is 10.3 Å². The van der Waals surface area contributed by atoms with E-state index in [1.165, 1.54) is 6.20 Å². The van der Waals surface area contributed by atoms with E-state index < -0.39 is 5.97 Å². The summed E-state index contributed by atoms with van der Waals surface area (Å²) in [6.45, 7) is 0.621. The van der Waals surface area contributed by atoms with Crippen LogP contribution in [0, 0.1) is 23.2 Å². The van der Waals surface area contributed by atoms with Gasteiger partial charge in [0.05, 0.1) is 11.5 Å². The molecule has 0 amide bonds. The highest BCUT2D eigenvalue weighted by Crippen LogP contribution is 2.31. The number of nitrogens with one attached hydrogen (secondary N) is 1. The molecule has 2 rings (SSSR count). The van der Waals surface area contributed by atoms with Gasteiger partial charge in [0.25, 0.3) is 0 Å². The molecule has 18 heavy (non-hydrogen) atoms. The molecule has 0 aromatic carbocycles. The van der Waals surface area contributed by atoms with Gasteiger partial charge in [-0.3, -0.25) is 4.79 Å². The van der Waals surface area contributed by atoms with Gasteiger partial charge >= 0.3 is 5.97 Å². The maximum atomic E-state index is 11.0. The van der Waals surface area contributed by atoms with E-state index in [0.717, 1.165) is 19.3 Å². The molecular weight excluding hydrogens is 230 g/mol. The largest absolute Gasteiger partial charge is 0.481 e. The summed E-state index contributed by atoms with van der Waals surface area (Å²) >= 11 is 0. The molecule has 5 heteroatoms. The van der Waals surface area contributed by atoms with E-state index in [1.807, 2.05) is 6.07 Å². The van der Waals surface area contributed by atoms with E-state index in [1.54, 1.807) is 12.1 Å². The average molecular weight is 245 g/mol. The number of aliphatic carboxylic acids is 1. The Morgan fingerprint density at radius 3 is 3.00 bits per heavy atom. The van der Waals surface area contributed by atoms with Crippen molar-refractivity contribution in [2.24, 2.45) is 11.8 Å². The van der Waals surface area contributed by atoms with Crippen molar-refractivity contribution in [1.82, 2.24) is 4.98 Å². The second-order valence-corrected chi connectivity index (χ2v) is 4.56. The topological polar surface area (TPSA) is 86.0 Å². The normalized spacial score (nSPS) is 22.4. The fourth-order valence-electron chi connectivity index (χ4n) is 2.41. The number of rotatable bonds is 4. The zero-order valence-electron chi connectivity index (χ0n) is 9.97. The van der Waals surface area contributed by atoms with E-state index >= 15 is 0 Å². The Hall–Kier alpha value is -2.09. The minimum atomic E-state index is -0.702. The predicted molar refractivity (Wildman–Crippen MR) is 65.9 cm³/mol. The van der Waals surface area contributed by atoms with Gasteiger partial charge in [-0.25, -0.2) is 4.98 Å². The molecule has 0 saturated heterocycles. The van der Waals surface area contributed by atoms with Crippen molar-refractivity contribution in [3.8, 4) is 6.07 Å². The zero-order valence-corrected chi connectivity index (χ0v) is 9.97. The first kappa shape index (κ1) is 12.4. The standard InChI is InChI=1S/C13H15N3O2/c14-6-9-4-5-12(15-7-9)16-8-10-2-1-3-11(10)13(17)18/h4-5,7,10-11H,1-3,8H2,(H,15,16)(H,17,18). The van der Waals surface area contributed by atoms with Gasteiger partial charge in [0.15, 0.2) is 0 Å². The van der Waals surface area contributed by atoms with Gasteiger partial charge in [0.1, 0.15) is 11.9 Å². The summed E-state index contributed by atoms with van der Waals surface area (Å²) in [5, 5.41) is 20.9. The van der Waals surface area contributed by atoms with Gasteiger partial charge in [-0.15, -0.1) is 0 Å². The Kier molecular flexibility index (Phi) is 3.78. The molecule has 94 valence electrons. The Morgan fingerprint density at radius 2 is 2.39 bits per heavy atom. The Morgan fingerprint density at radius 1 is 1.56 bits per heavy atom. The van der Waals surface area contributed by atoms with Crippen LogP contribution in [0.25, 0.3) is 0 Å². The molecule has 1 aromatic heterocycles. The number of nitrogens with zero attached hydrogens (tertiary/aromatic N) is 2. The molecule has 5 nitrogen and oxygen atoms in total. The first-order valence-corrected chi connectivity index (χ1v) is 6.03. The zero-order chi connectivity index (χ0) is 13.0. The van der Waals surface area contributed by atoms with E-state index in [9.17, 15) is 4.79 Å². The van der Waals surface area contributed by atoms with Crippen LogP contribution in [-0.2, 0) is 4.79 Å². The summed E-state index contributed by atoms with van der Waals surface area (Å²) in [6, 6.07) is 5.44. The monoisotopic (exact) mass is 245 g/mol. The Bertz CT molecular complexity index is 464. The maximum absolute atomic E-state index is 11.0. The van der Waals surface area contributed by atoms with Crippen LogP contribution < -0.4 is 5.32 Å². The summed E-state index contributed by atoms with van der Waals surface area (Å²) < 4.78 is 0. The molecule has 2 unspecified atom stereocenters. The smallest absolute Gasteiger partial charge is 0.306 e. The van der Waals surface area contributed by atoms with Crippen LogP contribution in [-0.4, -0.2) is 22.6 Å². The molecular formula is C13H15N3O2. The van der Waals surface area contributed by atoms with Crippen LogP contribution in [0.5, 0.6) is 0 Å². The third-order valence-electron chi connectivity index (χ3n) is 3.41. The summed E-state index contributed by atoms with van der Waals surface area (Å²) in [4.78, 5) is 15.1. The van der Waals surface area contributed by atoms with Crippen molar-refractivity contribution >= 4 is 11.8 Å². The van der Waals surface area contributed by atoms with Gasteiger partial charge in [-0.05, 0) is 30.9 Å². The highest BCUT2D eigenvalue weighted by atomic mass is 16.4. The van der Waals surface area contributed by atoms with Crippen LogP contribution in [0.2, 0.25) is 0 Å². The molecule has 1 saturated carbocycles. The predicted octanol–water partition coefficient (Wildman–Crippen LogP) is 1.87. The number of hydrogen-bond acceptors (Lipinski definition) is 4. The molecule has 1 aliphatic carbocycles. The van der Waals surface area contributed by atoms with Crippen LogP contribution in [0.4, 0.5) is 5.82 Å². The van der Waals surface area contributed by atoms with Crippen LogP contribution in [0.1, 0.15) is 24.8 Å². The lowest BCUT2D eigenvalue weighted by Crippen LogP contribution is -2.24. The lowest BCUT2D eigenvalue weighted by molar-refractivity contribution is -0.142. The molecule has 2 atom stereocenters. The van der Waals surface area contributed by atoms with Gasteiger partial charge in [0.2, 0.25) is 0 Å². The summed E-state index contributed by atoms with van der Waals surface area (Å²) in [5.74, 6) is -0.0899. The van der Waals surface area contributed by atoms with Crippen molar-refractivity contribution in [2.75, 3.05) is 11.9 Å². The fraction of sp³-hybridized carbons (Fsp3) is 0.462. The SMILES string of the molecule is N#Cc1ccc(NCC2CCCC2C(=O)O)nc1. The van der Waals surface area contributed by atoms with Gasteiger partial charge < -0.3 is 10.4 Å². The second kappa shape index (κ2) is 5.50. The molecule has 0 spiro atoms. The highest BCUT2D eigenvalue weighted by molar-refractivity contribution is 5.70. The highest BCUT2D eigenvalue weighted by Gasteiger charge is 2.32. The molecule has 0 bridgehead atoms. The fourth-order valence-corrected chi connectivity index (χ4v) is 2.41. The van der Waals surface area contributed by atoms with Gasteiger partial charge in [0, 0.05) is 12.7 Å². The third kappa shape index (κ3) is 2.77. The Balaban J connectivity index is 1.91. The van der Waals surface area contributed by atoms with E-state index in [4.69, 9.17) is 10.4 Å². The molecule has 0 radical (unpaired) electrons. The van der Waals surface area contributed by atoms with Crippen molar-refractivity contribution in [3.05, 3.63) is 23.9 Å². The summed E-state index contributed by atoms with van der Waals surface area (Å²) in [5.41, 5.74) is 0.518. The van der Waals surface area contributed by atoms with Gasteiger partial charge in [-0.1, -0.05) is 6.42 Å². The number of nitriles is 1. The number of carboxylic acids is 1. The van der Waals surface area contributed by atoms with Crippen LogP contribution >= 0.6 is 0 Å². The van der Waals surface area contributed by atoms with Crippen LogP contribution in [0.15, 0.2) is 18.3 Å². The number of aromatic nitrogens is 1. The van der Waals surface area contributed by atoms with Crippen molar-refractivity contribution in [3.63, 3.8) is 0 Å². The first-order chi connectivity index (χ1) is 8.70. The molecule has 1 heterocycles.